The third kappa shape index (κ3) is 5.25. The van der Waals surface area contributed by atoms with Gasteiger partial charge >= 0.3 is 0 Å². The van der Waals surface area contributed by atoms with E-state index in [1.807, 2.05) is 18.2 Å². The van der Waals surface area contributed by atoms with Gasteiger partial charge in [-0.2, -0.15) is 0 Å². The lowest BCUT2D eigenvalue weighted by Gasteiger charge is -2.42. The summed E-state index contributed by atoms with van der Waals surface area (Å²) in [4.78, 5) is 41.1. The maximum atomic E-state index is 14.2. The molecular weight excluding hydrogens is 614 g/mol. The van der Waals surface area contributed by atoms with Crippen LogP contribution in [0.15, 0.2) is 36.4 Å². The molecule has 0 aromatic heterocycles. The molecule has 8 N–H and O–H groups in total. The van der Waals surface area contributed by atoms with Crippen molar-refractivity contribution in [3.8, 4) is 23.0 Å². The van der Waals surface area contributed by atoms with E-state index in [9.17, 15) is 45.0 Å². The highest BCUT2D eigenvalue weighted by atomic mass is 16.7. The Bertz CT molecular complexity index is 1780. The minimum atomic E-state index is -2.30. The van der Waals surface area contributed by atoms with Crippen LogP contribution in [0, 0.1) is 0 Å². The van der Waals surface area contributed by atoms with Gasteiger partial charge in [-0.1, -0.05) is 30.3 Å². The van der Waals surface area contributed by atoms with Gasteiger partial charge in [-0.3, -0.25) is 14.4 Å². The average Bonchev–Trinajstić information content (AvgIpc) is 3.04. The number of nitrogens with two attached hydrogens (primary N) is 1. The van der Waals surface area contributed by atoms with E-state index in [1.54, 1.807) is 19.1 Å². The molecular formula is C34H35NO12. The largest absolute Gasteiger partial charge is 0.507 e. The lowest BCUT2D eigenvalue weighted by molar-refractivity contribution is -0.247. The number of phenols is 3. The van der Waals surface area contributed by atoms with Gasteiger partial charge in [0.2, 0.25) is 5.78 Å². The number of hydrogen-bond donors (Lipinski definition) is 7. The summed E-state index contributed by atoms with van der Waals surface area (Å²) in [7, 11) is 1.22. The van der Waals surface area contributed by atoms with E-state index in [0.717, 1.165) is 5.56 Å². The first-order valence-electron chi connectivity index (χ1n) is 15.1. The zero-order valence-electron chi connectivity index (χ0n) is 25.6. The van der Waals surface area contributed by atoms with E-state index in [1.165, 1.54) is 13.2 Å². The number of aliphatic hydroxyl groups excluding tert-OH is 2. The number of ketones is 3. The molecule has 248 valence electrons. The average molecular weight is 650 g/mol. The summed E-state index contributed by atoms with van der Waals surface area (Å²) in [6.07, 6.45) is -5.29. The van der Waals surface area contributed by atoms with Gasteiger partial charge < -0.3 is 50.6 Å². The number of carbonyl (C=O) groups excluding carboxylic acids is 3. The van der Waals surface area contributed by atoms with Crippen LogP contribution >= 0.6 is 0 Å². The van der Waals surface area contributed by atoms with Crippen molar-refractivity contribution in [2.75, 3.05) is 13.7 Å². The van der Waals surface area contributed by atoms with Crippen molar-refractivity contribution in [1.82, 2.24) is 0 Å². The van der Waals surface area contributed by atoms with Crippen LogP contribution in [0.4, 0.5) is 0 Å². The molecule has 1 heterocycles. The van der Waals surface area contributed by atoms with E-state index in [-0.39, 0.29) is 52.2 Å². The summed E-state index contributed by atoms with van der Waals surface area (Å²) in [5.41, 5.74) is 2.72. The summed E-state index contributed by atoms with van der Waals surface area (Å²) in [6.45, 7) is 0.512. The van der Waals surface area contributed by atoms with Crippen molar-refractivity contribution in [3.63, 3.8) is 0 Å². The fraction of sp³-hybridized carbons (Fsp3) is 0.382. The quantitative estimate of drug-likeness (QED) is 0.140. The van der Waals surface area contributed by atoms with E-state index < -0.39 is 95.7 Å². The molecule has 0 spiro atoms. The van der Waals surface area contributed by atoms with Crippen LogP contribution in [0.5, 0.6) is 23.0 Å². The first-order valence-corrected chi connectivity index (χ1v) is 15.1. The number of fused-ring (bicyclic) bond motifs is 3. The van der Waals surface area contributed by atoms with Gasteiger partial charge in [-0.25, -0.2) is 0 Å². The molecule has 13 heteroatoms. The van der Waals surface area contributed by atoms with Crippen LogP contribution in [-0.2, 0) is 27.1 Å². The minimum Gasteiger partial charge on any atom is -0.507 e. The molecule has 0 amide bonds. The summed E-state index contributed by atoms with van der Waals surface area (Å²) in [5.74, 6) is -4.99. The zero-order chi connectivity index (χ0) is 33.9. The fourth-order valence-corrected chi connectivity index (χ4v) is 6.88. The zero-order valence-corrected chi connectivity index (χ0v) is 25.6. The maximum Gasteiger partial charge on any atom is 0.202 e. The molecule has 0 unspecified atom stereocenters. The number of aromatic hydroxyl groups is 3. The van der Waals surface area contributed by atoms with E-state index >= 15 is 0 Å². The Hall–Kier alpha value is -4.37. The molecule has 3 aromatic rings. The molecule has 1 fully saturated rings. The molecule has 6 rings (SSSR count). The monoisotopic (exact) mass is 649 g/mol. The van der Waals surface area contributed by atoms with Crippen LogP contribution in [0.1, 0.15) is 80.0 Å². The highest BCUT2D eigenvalue weighted by Crippen LogP contribution is 2.53. The number of ether oxygens (including phenoxy) is 3. The van der Waals surface area contributed by atoms with Gasteiger partial charge in [0.1, 0.15) is 23.7 Å². The first-order chi connectivity index (χ1) is 22.3. The Balaban J connectivity index is 1.51. The number of rotatable bonds is 7. The Morgan fingerprint density at radius 1 is 1.04 bits per heavy atom. The highest BCUT2D eigenvalue weighted by molar-refractivity contribution is 6.31. The Kier molecular flexibility index (Phi) is 8.32. The summed E-state index contributed by atoms with van der Waals surface area (Å²) < 4.78 is 17.2. The minimum absolute atomic E-state index is 0.0199. The van der Waals surface area contributed by atoms with Crippen LogP contribution < -0.4 is 10.5 Å². The van der Waals surface area contributed by atoms with Gasteiger partial charge in [-0.05, 0) is 18.6 Å². The molecule has 1 aliphatic heterocycles. The van der Waals surface area contributed by atoms with Crippen molar-refractivity contribution in [2.24, 2.45) is 5.73 Å². The topological polar surface area (TPSA) is 226 Å². The Morgan fingerprint density at radius 2 is 1.72 bits per heavy atom. The third-order valence-corrected chi connectivity index (χ3v) is 9.33. The number of aliphatic hydroxyl groups is 3. The SMILES string of the molecule is COc1c(O)c(Cc2ccccc2)cc2c1C(=O)c1c(O)c3c(c(O)c1C2=O)C[C@@](O)(C(=O)CO)C[C@@H]3O[C@H]1C[C@H](N)[C@H](O)[C@H](C)O1. The molecule has 2 aliphatic carbocycles. The van der Waals surface area contributed by atoms with Crippen molar-refractivity contribution in [3.05, 3.63) is 80.9 Å². The summed E-state index contributed by atoms with van der Waals surface area (Å²) in [6, 6.07) is 9.61. The summed E-state index contributed by atoms with van der Waals surface area (Å²) in [5, 5.41) is 65.8. The number of hydrogen-bond acceptors (Lipinski definition) is 13. The van der Waals surface area contributed by atoms with Gasteiger partial charge in [0, 0.05) is 54.0 Å². The number of carbonyl (C=O) groups is 3. The lowest BCUT2D eigenvalue weighted by Crippen LogP contribution is -2.53. The van der Waals surface area contributed by atoms with Gasteiger partial charge in [-0.15, -0.1) is 0 Å². The van der Waals surface area contributed by atoms with Crippen LogP contribution in [-0.4, -0.2) is 91.8 Å². The maximum absolute atomic E-state index is 14.2. The first kappa shape index (κ1) is 32.6. The molecule has 6 atom stereocenters. The molecule has 47 heavy (non-hydrogen) atoms. The number of phenolic OH excluding ortho intramolecular Hbond substituents is 3. The van der Waals surface area contributed by atoms with Gasteiger partial charge in [0.25, 0.3) is 0 Å². The Morgan fingerprint density at radius 3 is 2.36 bits per heavy atom. The van der Waals surface area contributed by atoms with Crippen molar-refractivity contribution in [2.45, 2.75) is 68.9 Å². The second kappa shape index (κ2) is 12.0. The van der Waals surface area contributed by atoms with Gasteiger partial charge in [0.15, 0.2) is 29.4 Å². The lowest BCUT2D eigenvalue weighted by atomic mass is 9.71. The van der Waals surface area contributed by atoms with Crippen LogP contribution in [0.2, 0.25) is 0 Å². The fourth-order valence-electron chi connectivity index (χ4n) is 6.88. The predicted octanol–water partition coefficient (Wildman–Crippen LogP) is 1.30. The number of methoxy groups -OCH3 is 1. The Labute approximate surface area is 268 Å². The van der Waals surface area contributed by atoms with Crippen LogP contribution in [0.25, 0.3) is 0 Å². The highest BCUT2D eigenvalue weighted by Gasteiger charge is 2.50. The second-order valence-electron chi connectivity index (χ2n) is 12.3. The molecule has 3 aromatic carbocycles. The van der Waals surface area contributed by atoms with Crippen molar-refractivity contribution < 1.29 is 59.2 Å². The number of benzene rings is 3. The second-order valence-corrected chi connectivity index (χ2v) is 12.3. The van der Waals surface area contributed by atoms with Gasteiger partial charge in [0.05, 0.1) is 42.1 Å². The molecule has 0 radical (unpaired) electrons. The van der Waals surface area contributed by atoms with E-state index in [2.05, 4.69) is 0 Å². The van der Waals surface area contributed by atoms with E-state index in [0.29, 0.717) is 0 Å². The normalized spacial score (nSPS) is 26.7. The molecule has 0 bridgehead atoms. The predicted molar refractivity (Wildman–Crippen MR) is 163 cm³/mol. The molecule has 3 aliphatic rings. The molecule has 13 nitrogen and oxygen atoms in total. The van der Waals surface area contributed by atoms with Crippen molar-refractivity contribution >= 4 is 17.3 Å². The number of Topliss-reactive ketones (excluding diaryl/α,β-unsaturated/α-hetero) is 1. The summed E-state index contributed by atoms with van der Waals surface area (Å²) >= 11 is 0. The third-order valence-electron chi connectivity index (χ3n) is 9.33. The smallest absolute Gasteiger partial charge is 0.202 e. The van der Waals surface area contributed by atoms with Crippen molar-refractivity contribution in [1.29, 1.82) is 0 Å². The molecule has 0 saturated carbocycles. The van der Waals surface area contributed by atoms with E-state index in [4.69, 9.17) is 19.9 Å². The van der Waals surface area contributed by atoms with Crippen LogP contribution in [0.3, 0.4) is 0 Å². The standard InChI is InChI=1S/C34H35NO12/c1-14-27(38)19(35)10-22(46-14)47-20-12-34(44,21(37)13-36)11-18-23(20)31(42)26-25(30(18)41)29(40)17-9-16(8-15-6-4-3-5-7-15)28(39)33(45-2)24(17)32(26)43/h3-7,9,14,19-20,22,27,36,38-39,41-42,44H,8,10-13,35H2,1-2H3/t14-,19-,20-,22-,27+,34-/m0/s1. The molecule has 1 saturated heterocycles.